The first kappa shape index (κ1) is 13.0. The number of carbonyl (C=O) groups excluding carboxylic acids is 2. The Balaban J connectivity index is 2.83. The molecule has 0 unspecified atom stereocenters. The summed E-state index contributed by atoms with van der Waals surface area (Å²) < 4.78 is 9.75. The number of benzene rings is 1. The lowest BCUT2D eigenvalue weighted by Gasteiger charge is -2.04. The number of ether oxygens (including phenoxy) is 2. The molecule has 0 aliphatic carbocycles. The van der Waals surface area contributed by atoms with Gasteiger partial charge < -0.3 is 9.47 Å². The average molecular weight is 234 g/mol. The summed E-state index contributed by atoms with van der Waals surface area (Å²) in [6.07, 6.45) is 2.85. The molecule has 90 valence electrons. The van der Waals surface area contributed by atoms with Crippen molar-refractivity contribution in [2.45, 2.75) is 13.8 Å². The molecule has 0 aliphatic rings. The van der Waals surface area contributed by atoms with E-state index in [1.807, 2.05) is 0 Å². The van der Waals surface area contributed by atoms with Crippen LogP contribution in [0.5, 0.6) is 5.75 Å². The minimum Gasteiger partial charge on any atom is -0.463 e. The lowest BCUT2D eigenvalue weighted by molar-refractivity contribution is -0.137. The smallest absolute Gasteiger partial charge is 0.330 e. The number of carbonyl (C=O) groups is 2. The predicted octanol–water partition coefficient (Wildman–Crippen LogP) is 2.19. The molecule has 4 heteroatoms. The Hall–Kier alpha value is -2.10. The molecule has 0 bridgehead atoms. The minimum absolute atomic E-state index is 0.328. The Kier molecular flexibility index (Phi) is 4.94. The van der Waals surface area contributed by atoms with Crippen molar-refractivity contribution < 1.29 is 19.1 Å². The van der Waals surface area contributed by atoms with Gasteiger partial charge in [-0.2, -0.15) is 0 Å². The third kappa shape index (κ3) is 4.51. The molecule has 0 aliphatic heterocycles. The highest BCUT2D eigenvalue weighted by molar-refractivity contribution is 5.87. The van der Waals surface area contributed by atoms with Crippen molar-refractivity contribution in [1.82, 2.24) is 0 Å². The maximum Gasteiger partial charge on any atom is 0.330 e. The van der Waals surface area contributed by atoms with Crippen LogP contribution in [0.1, 0.15) is 19.4 Å². The second-order valence-corrected chi connectivity index (χ2v) is 3.22. The fraction of sp³-hybridized carbons (Fsp3) is 0.231. The van der Waals surface area contributed by atoms with Crippen LogP contribution < -0.4 is 4.74 Å². The summed E-state index contributed by atoms with van der Waals surface area (Å²) in [7, 11) is 0. The largest absolute Gasteiger partial charge is 0.463 e. The molecule has 4 nitrogen and oxygen atoms in total. The Morgan fingerprint density at radius 3 is 2.65 bits per heavy atom. The Morgan fingerprint density at radius 2 is 2.00 bits per heavy atom. The van der Waals surface area contributed by atoms with Gasteiger partial charge in [-0.1, -0.05) is 18.2 Å². The average Bonchev–Trinajstić information content (AvgIpc) is 2.27. The van der Waals surface area contributed by atoms with Crippen molar-refractivity contribution in [3.63, 3.8) is 0 Å². The van der Waals surface area contributed by atoms with E-state index in [1.54, 1.807) is 37.3 Å². The first-order valence-electron chi connectivity index (χ1n) is 5.25. The van der Waals surface area contributed by atoms with E-state index in [0.717, 1.165) is 0 Å². The molecular weight excluding hydrogens is 220 g/mol. The fourth-order valence-electron chi connectivity index (χ4n) is 1.21. The summed E-state index contributed by atoms with van der Waals surface area (Å²) in [5.74, 6) is -0.410. The van der Waals surface area contributed by atoms with Gasteiger partial charge in [-0.15, -0.1) is 0 Å². The second-order valence-electron chi connectivity index (χ2n) is 3.22. The predicted molar refractivity (Wildman–Crippen MR) is 63.4 cm³/mol. The van der Waals surface area contributed by atoms with E-state index in [2.05, 4.69) is 0 Å². The van der Waals surface area contributed by atoms with Crippen LogP contribution in [0.3, 0.4) is 0 Å². The van der Waals surface area contributed by atoms with Crippen molar-refractivity contribution in [2.24, 2.45) is 0 Å². The fourth-order valence-corrected chi connectivity index (χ4v) is 1.21. The van der Waals surface area contributed by atoms with Crippen LogP contribution >= 0.6 is 0 Å². The quantitative estimate of drug-likeness (QED) is 0.455. The SMILES string of the molecule is CCOC(=O)C=Cc1ccccc1OC(C)=O. The zero-order valence-corrected chi connectivity index (χ0v) is 9.80. The van der Waals surface area contributed by atoms with Crippen LogP contribution in [0.25, 0.3) is 6.08 Å². The molecule has 0 fully saturated rings. The summed E-state index contributed by atoms with van der Waals surface area (Å²) in [6, 6.07) is 6.94. The molecule has 1 aromatic carbocycles. The molecule has 0 radical (unpaired) electrons. The number of para-hydroxylation sites is 1. The first-order valence-corrected chi connectivity index (χ1v) is 5.25. The molecule has 0 aromatic heterocycles. The maximum absolute atomic E-state index is 11.1. The Labute approximate surface area is 99.8 Å². The van der Waals surface area contributed by atoms with Gasteiger partial charge in [0.2, 0.25) is 0 Å². The molecule has 0 heterocycles. The van der Waals surface area contributed by atoms with Crippen molar-refractivity contribution >= 4 is 18.0 Å². The number of rotatable bonds is 4. The molecule has 0 amide bonds. The standard InChI is InChI=1S/C13H14O4/c1-3-16-13(15)9-8-11-6-4-5-7-12(11)17-10(2)14/h4-9H,3H2,1-2H3. The topological polar surface area (TPSA) is 52.6 Å². The van der Waals surface area contributed by atoms with Crippen LogP contribution in [0.4, 0.5) is 0 Å². The van der Waals surface area contributed by atoms with Crippen molar-refractivity contribution in [3.05, 3.63) is 35.9 Å². The molecule has 1 aromatic rings. The third-order valence-electron chi connectivity index (χ3n) is 1.86. The molecule has 17 heavy (non-hydrogen) atoms. The molecule has 0 saturated heterocycles. The van der Waals surface area contributed by atoms with E-state index >= 15 is 0 Å². The maximum atomic E-state index is 11.1. The number of hydrogen-bond donors (Lipinski definition) is 0. The normalized spacial score (nSPS) is 10.2. The summed E-state index contributed by atoms with van der Waals surface area (Å²) in [5.41, 5.74) is 0.649. The molecule has 1 rings (SSSR count). The van der Waals surface area contributed by atoms with Gasteiger partial charge in [-0.25, -0.2) is 4.79 Å². The van der Waals surface area contributed by atoms with Gasteiger partial charge >= 0.3 is 11.9 Å². The van der Waals surface area contributed by atoms with Crippen molar-refractivity contribution in [1.29, 1.82) is 0 Å². The third-order valence-corrected chi connectivity index (χ3v) is 1.86. The van der Waals surface area contributed by atoms with E-state index in [-0.39, 0.29) is 0 Å². The number of hydrogen-bond acceptors (Lipinski definition) is 4. The van der Waals surface area contributed by atoms with Crippen LogP contribution in [0.15, 0.2) is 30.3 Å². The highest BCUT2D eigenvalue weighted by atomic mass is 16.5. The second kappa shape index (κ2) is 6.48. The van der Waals surface area contributed by atoms with Gasteiger partial charge in [0.05, 0.1) is 6.61 Å². The van der Waals surface area contributed by atoms with E-state index < -0.39 is 11.9 Å². The van der Waals surface area contributed by atoms with E-state index in [9.17, 15) is 9.59 Å². The molecule has 0 N–H and O–H groups in total. The lowest BCUT2D eigenvalue weighted by atomic mass is 10.2. The molecular formula is C13H14O4. The van der Waals surface area contributed by atoms with E-state index in [0.29, 0.717) is 17.9 Å². The number of esters is 2. The van der Waals surface area contributed by atoms with Crippen LogP contribution in [-0.4, -0.2) is 18.5 Å². The summed E-state index contributed by atoms with van der Waals surface area (Å²) >= 11 is 0. The Bertz CT molecular complexity index is 435. The molecule has 0 saturated carbocycles. The Morgan fingerprint density at radius 1 is 1.29 bits per heavy atom. The summed E-state index contributed by atoms with van der Waals surface area (Å²) in [4.78, 5) is 22.0. The van der Waals surface area contributed by atoms with E-state index in [1.165, 1.54) is 13.0 Å². The molecule has 0 spiro atoms. The van der Waals surface area contributed by atoms with Crippen LogP contribution in [-0.2, 0) is 14.3 Å². The lowest BCUT2D eigenvalue weighted by Crippen LogP contribution is -2.03. The summed E-state index contributed by atoms with van der Waals surface area (Å²) in [6.45, 7) is 3.39. The zero-order valence-electron chi connectivity index (χ0n) is 9.80. The minimum atomic E-state index is -0.426. The van der Waals surface area contributed by atoms with Gasteiger partial charge in [0, 0.05) is 18.6 Å². The van der Waals surface area contributed by atoms with Gasteiger partial charge in [0.15, 0.2) is 0 Å². The zero-order chi connectivity index (χ0) is 12.7. The van der Waals surface area contributed by atoms with Gasteiger partial charge in [0.1, 0.15) is 5.75 Å². The van der Waals surface area contributed by atoms with E-state index in [4.69, 9.17) is 9.47 Å². The van der Waals surface area contributed by atoms with Gasteiger partial charge in [-0.3, -0.25) is 4.79 Å². The summed E-state index contributed by atoms with van der Waals surface area (Å²) in [5, 5.41) is 0. The first-order chi connectivity index (χ1) is 8.13. The van der Waals surface area contributed by atoms with Gasteiger partial charge in [-0.05, 0) is 19.1 Å². The molecule has 0 atom stereocenters. The monoisotopic (exact) mass is 234 g/mol. The van der Waals surface area contributed by atoms with Crippen LogP contribution in [0, 0.1) is 0 Å². The highest BCUT2D eigenvalue weighted by Gasteiger charge is 2.03. The van der Waals surface area contributed by atoms with Gasteiger partial charge in [0.25, 0.3) is 0 Å². The highest BCUT2D eigenvalue weighted by Crippen LogP contribution is 2.19. The van der Waals surface area contributed by atoms with Crippen molar-refractivity contribution in [3.8, 4) is 5.75 Å². The van der Waals surface area contributed by atoms with Crippen LogP contribution in [0.2, 0.25) is 0 Å². The van der Waals surface area contributed by atoms with Crippen molar-refractivity contribution in [2.75, 3.05) is 6.61 Å².